The molecule has 2 N–H and O–H groups in total. The molecule has 3 aromatic heterocycles. The van der Waals surface area contributed by atoms with E-state index < -0.39 is 0 Å². The first-order valence-corrected chi connectivity index (χ1v) is 21.7. The first kappa shape index (κ1) is 37.9. The number of hydrogen-bond donors (Lipinski definition) is 1. The molecule has 0 saturated heterocycles. The van der Waals surface area contributed by atoms with Gasteiger partial charge >= 0.3 is 0 Å². The Balaban J connectivity index is 0.982. The van der Waals surface area contributed by atoms with Crippen LogP contribution in [0.3, 0.4) is 0 Å². The highest BCUT2D eigenvalue weighted by atomic mass is 16.3. The summed E-state index contributed by atoms with van der Waals surface area (Å²) in [5.41, 5.74) is 20.7. The zero-order chi connectivity index (χ0) is 43.3. The molecule has 7 nitrogen and oxygen atoms in total. The Morgan fingerprint density at radius 3 is 1.77 bits per heavy atom. The fourth-order valence-electron chi connectivity index (χ4n) is 9.12. The minimum absolute atomic E-state index is 0.415. The number of nitrogens with zero attached hydrogens (tertiary/aromatic N) is 5. The lowest BCUT2D eigenvalue weighted by Crippen LogP contribution is -2.16. The molecule has 0 amide bonds. The van der Waals surface area contributed by atoms with Crippen LogP contribution in [0.2, 0.25) is 0 Å². The molecule has 0 radical (unpaired) electrons. The van der Waals surface area contributed by atoms with Crippen LogP contribution < -0.4 is 5.73 Å². The predicted octanol–water partition coefficient (Wildman–Crippen LogP) is 13.7. The average Bonchev–Trinajstić information content (AvgIpc) is 4.05. The molecule has 0 fully saturated rings. The van der Waals surface area contributed by atoms with Crippen molar-refractivity contribution in [1.29, 1.82) is 0 Å². The highest BCUT2D eigenvalue weighted by Crippen LogP contribution is 2.40. The summed E-state index contributed by atoms with van der Waals surface area (Å²) >= 11 is 0. The molecule has 7 heteroatoms. The van der Waals surface area contributed by atoms with Gasteiger partial charge in [-0.05, 0) is 95.6 Å². The van der Waals surface area contributed by atoms with Crippen LogP contribution in [0, 0.1) is 0 Å². The maximum atomic E-state index is 6.63. The van der Waals surface area contributed by atoms with Gasteiger partial charge in [0.15, 0.2) is 11.4 Å². The van der Waals surface area contributed by atoms with Gasteiger partial charge in [-0.2, -0.15) is 0 Å². The van der Waals surface area contributed by atoms with E-state index in [0.29, 0.717) is 24.1 Å². The van der Waals surface area contributed by atoms with E-state index >= 15 is 0 Å². The third kappa shape index (κ3) is 6.83. The van der Waals surface area contributed by atoms with Crippen LogP contribution in [0.25, 0.3) is 88.7 Å². The highest BCUT2D eigenvalue weighted by molar-refractivity contribution is 6.15. The second kappa shape index (κ2) is 15.8. The van der Waals surface area contributed by atoms with Crippen molar-refractivity contribution in [2.75, 3.05) is 0 Å². The van der Waals surface area contributed by atoms with E-state index in [1.165, 1.54) is 5.39 Å². The van der Waals surface area contributed by atoms with Gasteiger partial charge in [0.1, 0.15) is 11.4 Å². The van der Waals surface area contributed by atoms with E-state index in [9.17, 15) is 0 Å². The van der Waals surface area contributed by atoms with Crippen LogP contribution in [-0.4, -0.2) is 25.8 Å². The lowest BCUT2D eigenvalue weighted by atomic mass is 10.0. The molecular formula is C58H40N6O. The first-order chi connectivity index (χ1) is 32.1. The van der Waals surface area contributed by atoms with Gasteiger partial charge in [-0.25, -0.2) is 9.98 Å². The predicted molar refractivity (Wildman–Crippen MR) is 267 cm³/mol. The number of amidine groups is 2. The number of aromatic nitrogens is 3. The Bertz CT molecular complexity index is 3790. The molecule has 65 heavy (non-hydrogen) atoms. The van der Waals surface area contributed by atoms with E-state index in [1.54, 1.807) is 0 Å². The summed E-state index contributed by atoms with van der Waals surface area (Å²) in [6, 6.07) is 75.6. The molecule has 0 aliphatic carbocycles. The van der Waals surface area contributed by atoms with E-state index in [1.807, 2.05) is 78.9 Å². The number of hydrogen-bond acceptors (Lipinski definition) is 3. The first-order valence-electron chi connectivity index (χ1n) is 21.7. The number of fused-ring (bicyclic) bond motifs is 7. The lowest BCUT2D eigenvalue weighted by Gasteiger charge is -2.11. The van der Waals surface area contributed by atoms with Gasteiger partial charge in [-0.15, -0.1) is 0 Å². The van der Waals surface area contributed by atoms with Gasteiger partial charge < -0.3 is 19.3 Å². The van der Waals surface area contributed by atoms with Crippen LogP contribution in [0.15, 0.2) is 233 Å². The summed E-state index contributed by atoms with van der Waals surface area (Å²) in [6.45, 7) is 0.474. The normalized spacial score (nSPS) is 12.3. The van der Waals surface area contributed by atoms with Crippen LogP contribution in [0.1, 0.15) is 16.7 Å². The Morgan fingerprint density at radius 1 is 0.462 bits per heavy atom. The number of para-hydroxylation sites is 2. The van der Waals surface area contributed by atoms with E-state index in [0.717, 1.165) is 94.1 Å². The minimum atomic E-state index is 0.415. The number of aliphatic imine (C=N–C) groups is 2. The SMILES string of the molecule is NC(=NC(=NCc1ccccc1)c1cccc(-n2c3ccccc3c3cc(-c4ccc5c(c4)c4cc6oc(-c7ccccc7)nc6cc4n5-c4ccccc4)ccc32)c1)c1ccccc1. The van der Waals surface area contributed by atoms with Gasteiger partial charge in [0.25, 0.3) is 0 Å². The summed E-state index contributed by atoms with van der Waals surface area (Å²) in [5.74, 6) is 1.60. The van der Waals surface area contributed by atoms with Gasteiger partial charge in [0.2, 0.25) is 5.89 Å². The highest BCUT2D eigenvalue weighted by Gasteiger charge is 2.19. The van der Waals surface area contributed by atoms with Crippen molar-refractivity contribution in [3.8, 4) is 34.0 Å². The number of oxazole rings is 1. The Kier molecular flexibility index (Phi) is 9.23. The molecule has 12 aromatic rings. The molecule has 0 unspecified atom stereocenters. The quantitative estimate of drug-likeness (QED) is 0.122. The molecular weight excluding hydrogens is 797 g/mol. The molecule has 308 valence electrons. The van der Waals surface area contributed by atoms with Gasteiger partial charge in [0.05, 0.1) is 28.6 Å². The largest absolute Gasteiger partial charge is 0.436 e. The summed E-state index contributed by atoms with van der Waals surface area (Å²) < 4.78 is 11.1. The maximum Gasteiger partial charge on any atom is 0.227 e. The number of benzene rings is 9. The van der Waals surface area contributed by atoms with E-state index in [2.05, 4.69) is 149 Å². The molecule has 0 aliphatic heterocycles. The van der Waals surface area contributed by atoms with Crippen molar-refractivity contribution in [2.45, 2.75) is 6.54 Å². The lowest BCUT2D eigenvalue weighted by molar-refractivity contribution is 0.620. The van der Waals surface area contributed by atoms with Crippen LogP contribution in [0.4, 0.5) is 0 Å². The van der Waals surface area contributed by atoms with Crippen LogP contribution >= 0.6 is 0 Å². The fraction of sp³-hybridized carbons (Fsp3) is 0.0172. The smallest absolute Gasteiger partial charge is 0.227 e. The fourth-order valence-corrected chi connectivity index (χ4v) is 9.12. The van der Waals surface area contributed by atoms with Crippen LogP contribution in [-0.2, 0) is 6.54 Å². The molecule has 0 saturated carbocycles. The van der Waals surface area contributed by atoms with Crippen molar-refractivity contribution in [3.05, 3.63) is 235 Å². The Labute approximate surface area is 374 Å². The molecule has 0 aliphatic rings. The molecule has 0 atom stereocenters. The van der Waals surface area contributed by atoms with Gasteiger partial charge in [-0.3, -0.25) is 4.99 Å². The summed E-state index contributed by atoms with van der Waals surface area (Å²) in [6.07, 6.45) is 0. The monoisotopic (exact) mass is 836 g/mol. The second-order valence-corrected chi connectivity index (χ2v) is 16.2. The maximum absolute atomic E-state index is 6.63. The molecule has 3 heterocycles. The molecule has 9 aromatic carbocycles. The third-order valence-corrected chi connectivity index (χ3v) is 12.2. The molecule has 0 bridgehead atoms. The van der Waals surface area contributed by atoms with Gasteiger partial charge in [0, 0.05) is 49.6 Å². The van der Waals surface area contributed by atoms with E-state index in [-0.39, 0.29) is 0 Å². The van der Waals surface area contributed by atoms with Crippen molar-refractivity contribution in [3.63, 3.8) is 0 Å². The Hall–Kier alpha value is -8.81. The zero-order valence-corrected chi connectivity index (χ0v) is 35.2. The average molecular weight is 837 g/mol. The summed E-state index contributed by atoms with van der Waals surface area (Å²) in [5, 5.41) is 4.58. The minimum Gasteiger partial charge on any atom is -0.436 e. The Morgan fingerprint density at radius 2 is 1.03 bits per heavy atom. The zero-order valence-electron chi connectivity index (χ0n) is 35.2. The standard InChI is InChI=1S/C58H40N6O/c59-56(39-18-7-2-8-19-39)62-57(60-37-38-16-5-1-6-17-38)43-22-15-25-45(32-43)64-51-27-14-13-26-46(51)47-33-41(28-30-52(47)64)42-29-31-53-48(34-42)49-35-55-50(61-58(65-55)40-20-9-3-10-21-40)36-54(49)63(53)44-23-11-4-12-24-44/h1-36H,37H2,(H2,59,60,62). The molecule has 12 rings (SSSR count). The number of nitrogens with two attached hydrogens (primary N) is 1. The topological polar surface area (TPSA) is 86.6 Å². The van der Waals surface area contributed by atoms with Crippen LogP contribution in [0.5, 0.6) is 0 Å². The van der Waals surface area contributed by atoms with Crippen molar-refractivity contribution >= 4 is 66.4 Å². The second-order valence-electron chi connectivity index (χ2n) is 16.2. The van der Waals surface area contributed by atoms with Crippen molar-refractivity contribution < 1.29 is 4.42 Å². The van der Waals surface area contributed by atoms with Crippen molar-refractivity contribution in [2.24, 2.45) is 15.7 Å². The van der Waals surface area contributed by atoms with Crippen molar-refractivity contribution in [1.82, 2.24) is 14.1 Å². The summed E-state index contributed by atoms with van der Waals surface area (Å²) in [4.78, 5) is 14.9. The number of rotatable bonds is 8. The third-order valence-electron chi connectivity index (χ3n) is 12.2. The molecule has 0 spiro atoms. The van der Waals surface area contributed by atoms with Gasteiger partial charge in [-0.1, -0.05) is 140 Å². The van der Waals surface area contributed by atoms with E-state index in [4.69, 9.17) is 25.1 Å². The summed E-state index contributed by atoms with van der Waals surface area (Å²) in [7, 11) is 0.